The van der Waals surface area contributed by atoms with Crippen LogP contribution in [0.4, 0.5) is 16.2 Å². The van der Waals surface area contributed by atoms with Crippen LogP contribution in [-0.4, -0.2) is 33.3 Å². The second kappa shape index (κ2) is 5.07. The largest absolute Gasteiger partial charge is 0.368 e. The Morgan fingerprint density at radius 2 is 2.10 bits per heavy atom. The van der Waals surface area contributed by atoms with Crippen LogP contribution in [0.2, 0.25) is 0 Å². The van der Waals surface area contributed by atoms with Gasteiger partial charge in [-0.15, -0.1) is 0 Å². The average Bonchev–Trinajstić information content (AvgIpc) is 3.07. The Balaban J connectivity index is 2.02. The fraction of sp³-hybridized carbons (Fsp3) is 0.462. The number of aryl methyl sites for hydroxylation is 1. The van der Waals surface area contributed by atoms with E-state index in [-0.39, 0.29) is 17.5 Å². The Kier molecular flexibility index (Phi) is 3.25. The molecule has 6 nitrogen and oxygen atoms in total. The van der Waals surface area contributed by atoms with Crippen molar-refractivity contribution in [2.75, 3.05) is 23.7 Å². The van der Waals surface area contributed by atoms with Crippen LogP contribution in [0.25, 0.3) is 11.4 Å². The third kappa shape index (κ3) is 2.19. The fourth-order valence-electron chi connectivity index (χ4n) is 2.45. The van der Waals surface area contributed by atoms with Crippen LogP contribution in [0.1, 0.15) is 25.5 Å². The highest BCUT2D eigenvalue weighted by atomic mass is 19.1. The normalized spacial score (nSPS) is 15.0. The predicted octanol–water partition coefficient (Wildman–Crippen LogP) is 1.75. The minimum absolute atomic E-state index is 0.143. The molecule has 1 aliphatic rings. The first kappa shape index (κ1) is 12.8. The lowest BCUT2D eigenvalue weighted by molar-refractivity contribution is 0.615. The third-order valence-corrected chi connectivity index (χ3v) is 3.53. The van der Waals surface area contributed by atoms with Gasteiger partial charge in [0.1, 0.15) is 17.2 Å². The number of aromatic amines is 1. The topological polar surface area (TPSA) is 83.7 Å². The molecule has 2 aromatic heterocycles. The van der Waals surface area contributed by atoms with E-state index in [0.29, 0.717) is 17.8 Å². The number of hydrogen-bond donors (Lipinski definition) is 2. The summed E-state index contributed by atoms with van der Waals surface area (Å²) in [5.41, 5.74) is 6.85. The molecule has 1 fully saturated rings. The highest BCUT2D eigenvalue weighted by Gasteiger charge is 2.19. The number of aromatic nitrogens is 4. The SMILES string of the molecule is CCc1[nH]nc(-c2cc(N3CCCC3)nc(N)n2)c1F. The molecule has 0 unspecified atom stereocenters. The van der Waals surface area contributed by atoms with E-state index in [0.717, 1.165) is 31.7 Å². The Morgan fingerprint density at radius 1 is 1.35 bits per heavy atom. The van der Waals surface area contributed by atoms with E-state index in [2.05, 4.69) is 25.1 Å². The summed E-state index contributed by atoms with van der Waals surface area (Å²) in [7, 11) is 0. The molecule has 0 radical (unpaired) electrons. The monoisotopic (exact) mass is 276 g/mol. The zero-order valence-electron chi connectivity index (χ0n) is 11.4. The first-order valence-corrected chi connectivity index (χ1v) is 6.81. The van der Waals surface area contributed by atoms with Gasteiger partial charge in [0.2, 0.25) is 5.95 Å². The van der Waals surface area contributed by atoms with Crippen molar-refractivity contribution in [2.24, 2.45) is 0 Å². The molecule has 0 aromatic carbocycles. The molecule has 106 valence electrons. The van der Waals surface area contributed by atoms with Crippen LogP contribution in [-0.2, 0) is 6.42 Å². The number of rotatable bonds is 3. The summed E-state index contributed by atoms with van der Waals surface area (Å²) >= 11 is 0. The maximum Gasteiger partial charge on any atom is 0.222 e. The minimum atomic E-state index is -0.363. The smallest absolute Gasteiger partial charge is 0.222 e. The lowest BCUT2D eigenvalue weighted by atomic mass is 10.2. The van der Waals surface area contributed by atoms with E-state index in [4.69, 9.17) is 5.73 Å². The van der Waals surface area contributed by atoms with Gasteiger partial charge in [0, 0.05) is 19.2 Å². The highest BCUT2D eigenvalue weighted by Crippen LogP contribution is 2.26. The standard InChI is InChI=1S/C13H17FN6/c1-2-8-11(14)12(19-18-8)9-7-10(17-13(15)16-9)20-5-3-4-6-20/h7H,2-6H2,1H3,(H,18,19)(H2,15,16,17). The molecule has 20 heavy (non-hydrogen) atoms. The van der Waals surface area contributed by atoms with Crippen molar-refractivity contribution in [1.82, 2.24) is 20.2 Å². The molecule has 0 amide bonds. The van der Waals surface area contributed by atoms with Crippen LogP contribution >= 0.6 is 0 Å². The van der Waals surface area contributed by atoms with Crippen LogP contribution < -0.4 is 10.6 Å². The van der Waals surface area contributed by atoms with Crippen molar-refractivity contribution in [2.45, 2.75) is 26.2 Å². The van der Waals surface area contributed by atoms with Crippen molar-refractivity contribution in [3.8, 4) is 11.4 Å². The summed E-state index contributed by atoms with van der Waals surface area (Å²) in [4.78, 5) is 10.5. The van der Waals surface area contributed by atoms with Crippen molar-refractivity contribution < 1.29 is 4.39 Å². The highest BCUT2D eigenvalue weighted by molar-refractivity contribution is 5.62. The number of anilines is 2. The van der Waals surface area contributed by atoms with Crippen LogP contribution in [0.5, 0.6) is 0 Å². The van der Waals surface area contributed by atoms with Crippen molar-refractivity contribution in [3.05, 3.63) is 17.6 Å². The van der Waals surface area contributed by atoms with E-state index in [9.17, 15) is 4.39 Å². The molecule has 3 heterocycles. The minimum Gasteiger partial charge on any atom is -0.368 e. The summed E-state index contributed by atoms with van der Waals surface area (Å²) in [5.74, 6) is 0.522. The fourth-order valence-corrected chi connectivity index (χ4v) is 2.45. The average molecular weight is 276 g/mol. The number of nitrogen functional groups attached to an aromatic ring is 1. The van der Waals surface area contributed by atoms with Gasteiger partial charge in [0.15, 0.2) is 5.82 Å². The van der Waals surface area contributed by atoms with Crippen molar-refractivity contribution in [1.29, 1.82) is 0 Å². The predicted molar refractivity (Wildman–Crippen MR) is 74.8 cm³/mol. The van der Waals surface area contributed by atoms with E-state index < -0.39 is 0 Å². The van der Waals surface area contributed by atoms with E-state index >= 15 is 0 Å². The Labute approximate surface area is 116 Å². The van der Waals surface area contributed by atoms with Gasteiger partial charge in [0.05, 0.1) is 5.69 Å². The molecule has 0 atom stereocenters. The zero-order valence-corrected chi connectivity index (χ0v) is 11.4. The first-order valence-electron chi connectivity index (χ1n) is 6.81. The second-order valence-corrected chi connectivity index (χ2v) is 4.88. The summed E-state index contributed by atoms with van der Waals surface area (Å²) in [5, 5.41) is 6.69. The van der Waals surface area contributed by atoms with Crippen molar-refractivity contribution >= 4 is 11.8 Å². The molecular weight excluding hydrogens is 259 g/mol. The summed E-state index contributed by atoms with van der Waals surface area (Å²) in [6, 6.07) is 1.75. The third-order valence-electron chi connectivity index (χ3n) is 3.53. The summed E-state index contributed by atoms with van der Waals surface area (Å²) in [6.07, 6.45) is 2.82. The number of nitrogens with two attached hydrogens (primary N) is 1. The molecule has 0 bridgehead atoms. The Bertz CT molecular complexity index is 617. The van der Waals surface area contributed by atoms with Gasteiger partial charge in [-0.1, -0.05) is 6.92 Å². The van der Waals surface area contributed by atoms with Gasteiger partial charge in [-0.2, -0.15) is 10.1 Å². The van der Waals surface area contributed by atoms with Gasteiger partial charge < -0.3 is 10.6 Å². The summed E-state index contributed by atoms with van der Waals surface area (Å²) < 4.78 is 14.2. The second-order valence-electron chi connectivity index (χ2n) is 4.88. The van der Waals surface area contributed by atoms with Gasteiger partial charge in [-0.3, -0.25) is 5.10 Å². The van der Waals surface area contributed by atoms with Gasteiger partial charge in [-0.05, 0) is 19.3 Å². The molecule has 1 aliphatic heterocycles. The zero-order chi connectivity index (χ0) is 14.1. The number of nitrogens with one attached hydrogen (secondary N) is 1. The van der Waals surface area contributed by atoms with Crippen LogP contribution in [0.15, 0.2) is 6.07 Å². The molecule has 2 aromatic rings. The molecule has 3 rings (SSSR count). The lowest BCUT2D eigenvalue weighted by Gasteiger charge is -2.16. The van der Waals surface area contributed by atoms with E-state index in [1.807, 2.05) is 6.92 Å². The van der Waals surface area contributed by atoms with Crippen molar-refractivity contribution in [3.63, 3.8) is 0 Å². The Hall–Kier alpha value is -2.18. The molecule has 0 aliphatic carbocycles. The lowest BCUT2D eigenvalue weighted by Crippen LogP contribution is -2.19. The van der Waals surface area contributed by atoms with E-state index in [1.54, 1.807) is 6.07 Å². The quantitative estimate of drug-likeness (QED) is 0.892. The van der Waals surface area contributed by atoms with Gasteiger partial charge in [0.25, 0.3) is 0 Å². The number of hydrogen-bond acceptors (Lipinski definition) is 5. The van der Waals surface area contributed by atoms with Gasteiger partial charge in [-0.25, -0.2) is 9.37 Å². The number of H-pyrrole nitrogens is 1. The van der Waals surface area contributed by atoms with Gasteiger partial charge >= 0.3 is 0 Å². The first-order chi connectivity index (χ1) is 9.69. The number of halogens is 1. The molecule has 0 spiro atoms. The maximum absolute atomic E-state index is 14.2. The molecular formula is C13H17FN6. The summed E-state index contributed by atoms with van der Waals surface area (Å²) in [6.45, 7) is 3.75. The van der Waals surface area contributed by atoms with Crippen LogP contribution in [0, 0.1) is 5.82 Å². The Morgan fingerprint density at radius 3 is 2.75 bits per heavy atom. The molecule has 1 saturated heterocycles. The number of nitrogens with zero attached hydrogens (tertiary/aromatic N) is 4. The van der Waals surface area contributed by atoms with Crippen LogP contribution in [0.3, 0.4) is 0 Å². The molecule has 0 saturated carbocycles. The maximum atomic E-state index is 14.2. The molecule has 3 N–H and O–H groups in total. The molecule has 7 heteroatoms. The van der Waals surface area contributed by atoms with E-state index in [1.165, 1.54) is 0 Å².